The molecule has 0 spiro atoms. The average Bonchev–Trinajstić information content (AvgIpc) is 3.08. The molecule has 0 saturated heterocycles. The minimum absolute atomic E-state index is 0.233. The minimum Gasteiger partial charge on any atom is -0.367 e. The van der Waals surface area contributed by atoms with Gasteiger partial charge in [0.15, 0.2) is 0 Å². The molecule has 0 bridgehead atoms. The predicted molar refractivity (Wildman–Crippen MR) is 112 cm³/mol. The van der Waals surface area contributed by atoms with Crippen molar-refractivity contribution in [2.45, 2.75) is 13.0 Å². The largest absolute Gasteiger partial charge is 0.367 e. The number of amides is 1. The van der Waals surface area contributed by atoms with E-state index in [-0.39, 0.29) is 5.91 Å². The Morgan fingerprint density at radius 2 is 1.63 bits per heavy atom. The number of rotatable bonds is 4. The van der Waals surface area contributed by atoms with E-state index < -0.39 is 0 Å². The molecule has 1 heterocycles. The minimum atomic E-state index is -0.233. The fourth-order valence-electron chi connectivity index (χ4n) is 3.36. The normalized spacial score (nSPS) is 12.7. The highest BCUT2D eigenvalue weighted by Crippen LogP contribution is 2.31. The second-order valence-electron chi connectivity index (χ2n) is 6.55. The predicted octanol–water partition coefficient (Wildman–Crippen LogP) is 5.81. The summed E-state index contributed by atoms with van der Waals surface area (Å²) in [4.78, 5) is 14.9. The van der Waals surface area contributed by atoms with Gasteiger partial charge < -0.3 is 10.2 Å². The van der Waals surface area contributed by atoms with Gasteiger partial charge in [-0.3, -0.25) is 4.79 Å². The molecule has 136 valence electrons. The Bertz CT molecular complexity index is 966. The molecule has 3 aromatic rings. The monoisotopic (exact) mass is 396 g/mol. The number of hydrogen-bond donors (Lipinski definition) is 1. The van der Waals surface area contributed by atoms with Crippen molar-refractivity contribution in [3.05, 3.63) is 93.5 Å². The molecule has 0 fully saturated rings. The molecule has 3 aromatic carbocycles. The number of para-hydroxylation sites is 2. The molecule has 1 amide bonds. The number of hydrogen-bond acceptors (Lipinski definition) is 2. The maximum Gasteiger partial charge on any atom is 0.255 e. The molecule has 5 heteroatoms. The van der Waals surface area contributed by atoms with E-state index >= 15 is 0 Å². The second-order valence-corrected chi connectivity index (χ2v) is 7.36. The molecular formula is C22H18Cl2N2O. The van der Waals surface area contributed by atoms with Crippen molar-refractivity contribution in [2.75, 3.05) is 16.8 Å². The van der Waals surface area contributed by atoms with Crippen molar-refractivity contribution in [2.24, 2.45) is 0 Å². The molecule has 1 aliphatic rings. The third-order valence-corrected chi connectivity index (χ3v) is 5.40. The van der Waals surface area contributed by atoms with Gasteiger partial charge in [-0.1, -0.05) is 59.6 Å². The van der Waals surface area contributed by atoms with Crippen LogP contribution in [0.4, 0.5) is 11.4 Å². The fraction of sp³-hybridized carbons (Fsp3) is 0.136. The van der Waals surface area contributed by atoms with Crippen molar-refractivity contribution < 1.29 is 4.79 Å². The zero-order valence-corrected chi connectivity index (χ0v) is 16.1. The summed E-state index contributed by atoms with van der Waals surface area (Å²) in [6.45, 7) is 1.85. The van der Waals surface area contributed by atoms with Gasteiger partial charge in [-0.15, -0.1) is 0 Å². The van der Waals surface area contributed by atoms with Crippen molar-refractivity contribution in [3.63, 3.8) is 0 Å². The summed E-state index contributed by atoms with van der Waals surface area (Å²) in [5.41, 5.74) is 4.86. The van der Waals surface area contributed by atoms with Crippen molar-refractivity contribution >= 4 is 40.5 Å². The van der Waals surface area contributed by atoms with E-state index in [0.29, 0.717) is 21.3 Å². The highest BCUT2D eigenvalue weighted by molar-refractivity contribution is 6.40. The van der Waals surface area contributed by atoms with Crippen LogP contribution in [0.15, 0.2) is 66.7 Å². The quantitative estimate of drug-likeness (QED) is 0.603. The molecule has 0 atom stereocenters. The summed E-state index contributed by atoms with van der Waals surface area (Å²) in [6.07, 6.45) is 1.08. The van der Waals surface area contributed by atoms with Gasteiger partial charge in [-0.2, -0.15) is 0 Å². The van der Waals surface area contributed by atoms with Gasteiger partial charge >= 0.3 is 0 Å². The van der Waals surface area contributed by atoms with Crippen LogP contribution in [-0.2, 0) is 13.0 Å². The van der Waals surface area contributed by atoms with E-state index in [1.807, 2.05) is 24.3 Å². The highest BCUT2D eigenvalue weighted by Gasteiger charge is 2.18. The van der Waals surface area contributed by atoms with Crippen LogP contribution in [0.1, 0.15) is 21.5 Å². The first-order chi connectivity index (χ1) is 13.1. The Morgan fingerprint density at radius 3 is 2.37 bits per heavy atom. The Kier molecular flexibility index (Phi) is 5.06. The Balaban J connectivity index is 1.46. The summed E-state index contributed by atoms with van der Waals surface area (Å²) in [7, 11) is 0. The number of anilines is 2. The first-order valence-electron chi connectivity index (χ1n) is 8.79. The molecule has 1 aliphatic heterocycles. The van der Waals surface area contributed by atoms with Crippen LogP contribution in [-0.4, -0.2) is 12.5 Å². The number of carbonyl (C=O) groups is 1. The van der Waals surface area contributed by atoms with Crippen molar-refractivity contribution in [1.82, 2.24) is 0 Å². The Hall–Kier alpha value is -2.49. The molecule has 4 rings (SSSR count). The van der Waals surface area contributed by atoms with E-state index in [0.717, 1.165) is 19.5 Å². The van der Waals surface area contributed by atoms with Gasteiger partial charge in [0, 0.05) is 24.3 Å². The Labute approximate surface area is 168 Å². The van der Waals surface area contributed by atoms with E-state index in [2.05, 4.69) is 34.5 Å². The van der Waals surface area contributed by atoms with Gasteiger partial charge in [-0.05, 0) is 47.9 Å². The molecule has 1 N–H and O–H groups in total. The van der Waals surface area contributed by atoms with E-state index in [4.69, 9.17) is 23.2 Å². The Morgan fingerprint density at radius 1 is 0.926 bits per heavy atom. The van der Waals surface area contributed by atoms with Crippen molar-refractivity contribution in [1.29, 1.82) is 0 Å². The zero-order chi connectivity index (χ0) is 18.8. The van der Waals surface area contributed by atoms with Crippen LogP contribution in [0.3, 0.4) is 0 Å². The molecule has 0 unspecified atom stereocenters. The summed E-state index contributed by atoms with van der Waals surface area (Å²) in [5.74, 6) is -0.233. The van der Waals surface area contributed by atoms with Crippen LogP contribution >= 0.6 is 23.2 Å². The number of fused-ring (bicyclic) bond motifs is 1. The number of nitrogens with zero attached hydrogens (tertiary/aromatic N) is 1. The maximum absolute atomic E-state index is 12.5. The van der Waals surface area contributed by atoms with Gasteiger partial charge in [0.1, 0.15) is 0 Å². The van der Waals surface area contributed by atoms with Gasteiger partial charge in [-0.25, -0.2) is 0 Å². The lowest BCUT2D eigenvalue weighted by Crippen LogP contribution is -2.19. The summed E-state index contributed by atoms with van der Waals surface area (Å²) >= 11 is 12.2. The molecule has 3 nitrogen and oxygen atoms in total. The first kappa shape index (κ1) is 17.9. The molecule has 0 radical (unpaired) electrons. The van der Waals surface area contributed by atoms with Crippen LogP contribution < -0.4 is 10.2 Å². The smallest absolute Gasteiger partial charge is 0.255 e. The van der Waals surface area contributed by atoms with E-state index in [1.54, 1.807) is 18.2 Å². The fourth-order valence-corrected chi connectivity index (χ4v) is 3.85. The number of benzene rings is 3. The zero-order valence-electron chi connectivity index (χ0n) is 14.6. The summed E-state index contributed by atoms with van der Waals surface area (Å²) < 4.78 is 0. The van der Waals surface area contributed by atoms with Crippen LogP contribution in [0.25, 0.3) is 0 Å². The number of nitrogens with one attached hydrogen (secondary N) is 1. The third-order valence-electron chi connectivity index (χ3n) is 4.77. The van der Waals surface area contributed by atoms with Gasteiger partial charge in [0.2, 0.25) is 0 Å². The maximum atomic E-state index is 12.5. The summed E-state index contributed by atoms with van der Waals surface area (Å²) in [5, 5.41) is 3.62. The number of carbonyl (C=O) groups excluding carboxylic acids is 1. The van der Waals surface area contributed by atoms with Crippen LogP contribution in [0, 0.1) is 0 Å². The van der Waals surface area contributed by atoms with E-state index in [9.17, 15) is 4.79 Å². The average molecular weight is 397 g/mol. The lowest BCUT2D eigenvalue weighted by molar-refractivity contribution is 0.102. The van der Waals surface area contributed by atoms with Gasteiger partial charge in [0.25, 0.3) is 5.91 Å². The van der Waals surface area contributed by atoms with Crippen LogP contribution in [0.5, 0.6) is 0 Å². The molecular weight excluding hydrogens is 379 g/mol. The topological polar surface area (TPSA) is 32.3 Å². The number of halogens is 2. The second kappa shape index (κ2) is 7.63. The van der Waals surface area contributed by atoms with Crippen LogP contribution in [0.2, 0.25) is 10.0 Å². The third kappa shape index (κ3) is 3.80. The molecule has 27 heavy (non-hydrogen) atoms. The van der Waals surface area contributed by atoms with Gasteiger partial charge in [0.05, 0.1) is 15.7 Å². The standard InChI is InChI=1S/C22H18Cl2N2O/c23-18-5-3-6-19(24)21(18)25-22(27)17-10-8-15(9-11-17)14-26-13-12-16-4-1-2-7-20(16)26/h1-11H,12-14H2,(H,25,27). The highest BCUT2D eigenvalue weighted by atomic mass is 35.5. The first-order valence-corrected chi connectivity index (χ1v) is 9.54. The van der Waals surface area contributed by atoms with Crippen molar-refractivity contribution in [3.8, 4) is 0 Å². The summed E-state index contributed by atoms with van der Waals surface area (Å²) in [6, 6.07) is 21.3. The SMILES string of the molecule is O=C(Nc1c(Cl)cccc1Cl)c1ccc(CN2CCc3ccccc32)cc1. The lowest BCUT2D eigenvalue weighted by atomic mass is 10.1. The molecule has 0 aliphatic carbocycles. The molecule has 0 saturated carbocycles. The lowest BCUT2D eigenvalue weighted by Gasteiger charge is -2.19. The van der Waals surface area contributed by atoms with E-state index in [1.165, 1.54) is 16.8 Å². The molecule has 0 aromatic heterocycles.